The molecule has 1 saturated heterocycles. The fourth-order valence-electron chi connectivity index (χ4n) is 1.54. The van der Waals surface area contributed by atoms with E-state index in [2.05, 4.69) is 5.32 Å². The minimum absolute atomic E-state index is 0.0376. The summed E-state index contributed by atoms with van der Waals surface area (Å²) in [5.41, 5.74) is 0. The Kier molecular flexibility index (Phi) is 4.69. The van der Waals surface area contributed by atoms with Gasteiger partial charge in [0, 0.05) is 11.9 Å². The lowest BCUT2D eigenvalue weighted by Crippen LogP contribution is -2.32. The Bertz CT molecular complexity index is 197. The average molecular weight is 220 g/mol. The van der Waals surface area contributed by atoms with E-state index in [0.29, 0.717) is 13.2 Å². The van der Waals surface area contributed by atoms with E-state index in [-0.39, 0.29) is 23.3 Å². The zero-order valence-corrected chi connectivity index (χ0v) is 9.51. The number of hydrogen-bond acceptors (Lipinski definition) is 2. The molecule has 0 aromatic rings. The Balaban J connectivity index is 2.15. The first-order valence-corrected chi connectivity index (χ1v) is 5.56. The van der Waals surface area contributed by atoms with Crippen LogP contribution in [-0.2, 0) is 9.53 Å². The fourth-order valence-corrected chi connectivity index (χ4v) is 1.65. The molecule has 1 N–H and O–H groups in total. The first kappa shape index (κ1) is 11.8. The van der Waals surface area contributed by atoms with Crippen molar-refractivity contribution < 1.29 is 9.53 Å². The van der Waals surface area contributed by atoms with Gasteiger partial charge in [-0.2, -0.15) is 0 Å². The van der Waals surface area contributed by atoms with Gasteiger partial charge < -0.3 is 10.1 Å². The predicted molar refractivity (Wildman–Crippen MR) is 56.5 cm³/mol. The van der Waals surface area contributed by atoms with Gasteiger partial charge in [0.1, 0.15) is 0 Å². The van der Waals surface area contributed by atoms with Gasteiger partial charge in [0.15, 0.2) is 0 Å². The summed E-state index contributed by atoms with van der Waals surface area (Å²) in [5, 5.41) is 2.99. The van der Waals surface area contributed by atoms with Crippen molar-refractivity contribution in [3.05, 3.63) is 0 Å². The average Bonchev–Trinajstić information content (AvgIpc) is 2.51. The van der Waals surface area contributed by atoms with Gasteiger partial charge in [0.2, 0.25) is 5.91 Å². The summed E-state index contributed by atoms with van der Waals surface area (Å²) in [6, 6.07) is 0. The number of nitrogens with one attached hydrogen (secondary N) is 1. The number of amides is 1. The van der Waals surface area contributed by atoms with Gasteiger partial charge in [-0.1, -0.05) is 0 Å². The van der Waals surface area contributed by atoms with Crippen molar-refractivity contribution in [2.45, 2.75) is 38.2 Å². The maximum Gasteiger partial charge on any atom is 0.225 e. The molecule has 0 saturated carbocycles. The second-order valence-corrected chi connectivity index (χ2v) is 4.68. The number of rotatable bonds is 4. The molecule has 0 radical (unpaired) electrons. The van der Waals surface area contributed by atoms with E-state index < -0.39 is 0 Å². The van der Waals surface area contributed by atoms with Gasteiger partial charge in [0.05, 0.1) is 18.6 Å². The molecule has 0 aromatic heterocycles. The third-order valence-electron chi connectivity index (χ3n) is 2.41. The number of alkyl halides is 1. The number of hydrogen-bond donors (Lipinski definition) is 1. The van der Waals surface area contributed by atoms with E-state index in [1.54, 1.807) is 0 Å². The molecular formula is C10H18ClNO2. The minimum Gasteiger partial charge on any atom is -0.378 e. The SMILES string of the molecule is CC(Cl)CCNC(=O)C1COC(C)C1. The van der Waals surface area contributed by atoms with Gasteiger partial charge in [-0.25, -0.2) is 0 Å². The highest BCUT2D eigenvalue weighted by Crippen LogP contribution is 2.18. The third kappa shape index (κ3) is 3.84. The van der Waals surface area contributed by atoms with Crippen LogP contribution in [0.1, 0.15) is 26.7 Å². The van der Waals surface area contributed by atoms with Crippen molar-refractivity contribution in [2.24, 2.45) is 5.92 Å². The van der Waals surface area contributed by atoms with Crippen LogP contribution < -0.4 is 5.32 Å². The summed E-state index contributed by atoms with van der Waals surface area (Å²) in [6.45, 7) is 5.14. The zero-order valence-electron chi connectivity index (χ0n) is 8.75. The molecule has 1 aliphatic rings. The molecule has 3 unspecified atom stereocenters. The minimum atomic E-state index is 0.0376. The van der Waals surface area contributed by atoms with Crippen molar-refractivity contribution in [3.8, 4) is 0 Å². The summed E-state index contributed by atoms with van der Waals surface area (Å²) in [5.74, 6) is 0.141. The summed E-state index contributed by atoms with van der Waals surface area (Å²) in [6.07, 6.45) is 1.87. The van der Waals surface area contributed by atoms with Gasteiger partial charge >= 0.3 is 0 Å². The molecule has 4 heteroatoms. The molecule has 1 aliphatic heterocycles. The van der Waals surface area contributed by atoms with Crippen molar-refractivity contribution >= 4 is 17.5 Å². The molecule has 3 nitrogen and oxygen atoms in total. The normalized spacial score (nSPS) is 28.8. The van der Waals surface area contributed by atoms with Crippen LogP contribution in [0, 0.1) is 5.92 Å². The van der Waals surface area contributed by atoms with Crippen molar-refractivity contribution in [1.29, 1.82) is 0 Å². The van der Waals surface area contributed by atoms with Crippen molar-refractivity contribution in [2.75, 3.05) is 13.2 Å². The molecule has 14 heavy (non-hydrogen) atoms. The Labute approximate surface area is 90.1 Å². The van der Waals surface area contributed by atoms with Crippen LogP contribution in [-0.4, -0.2) is 30.5 Å². The van der Waals surface area contributed by atoms with Gasteiger partial charge in [-0.15, -0.1) is 11.6 Å². The summed E-state index contributed by atoms with van der Waals surface area (Å²) in [7, 11) is 0. The molecule has 1 fully saturated rings. The Hall–Kier alpha value is -0.280. The molecule has 82 valence electrons. The second kappa shape index (κ2) is 5.56. The van der Waals surface area contributed by atoms with Crippen molar-refractivity contribution in [3.63, 3.8) is 0 Å². The van der Waals surface area contributed by atoms with Crippen LogP contribution in [0.3, 0.4) is 0 Å². The van der Waals surface area contributed by atoms with Crippen molar-refractivity contribution in [1.82, 2.24) is 5.32 Å². The number of carbonyl (C=O) groups excluding carboxylic acids is 1. The van der Waals surface area contributed by atoms with E-state index in [0.717, 1.165) is 12.8 Å². The Morgan fingerprint density at radius 1 is 1.71 bits per heavy atom. The summed E-state index contributed by atoms with van der Waals surface area (Å²) in [4.78, 5) is 11.5. The van der Waals surface area contributed by atoms with Crippen LogP contribution in [0.15, 0.2) is 0 Å². The first-order valence-electron chi connectivity index (χ1n) is 5.13. The van der Waals surface area contributed by atoms with Crippen LogP contribution in [0.25, 0.3) is 0 Å². The van der Waals surface area contributed by atoms with Crippen LogP contribution in [0.5, 0.6) is 0 Å². The molecule has 1 rings (SSSR count). The third-order valence-corrected chi connectivity index (χ3v) is 2.63. The quantitative estimate of drug-likeness (QED) is 0.729. The predicted octanol–water partition coefficient (Wildman–Crippen LogP) is 1.54. The molecular weight excluding hydrogens is 202 g/mol. The standard InChI is InChI=1S/C10H18ClNO2/c1-7(11)3-4-12-10(13)9-5-8(2)14-6-9/h7-9H,3-6H2,1-2H3,(H,12,13). The van der Waals surface area contributed by atoms with E-state index in [1.807, 2.05) is 13.8 Å². The zero-order chi connectivity index (χ0) is 10.6. The second-order valence-electron chi connectivity index (χ2n) is 3.94. The highest BCUT2D eigenvalue weighted by Gasteiger charge is 2.27. The molecule has 1 heterocycles. The molecule has 0 bridgehead atoms. The van der Waals surface area contributed by atoms with Gasteiger partial charge in [-0.3, -0.25) is 4.79 Å². The molecule has 0 aliphatic carbocycles. The smallest absolute Gasteiger partial charge is 0.225 e. The molecule has 0 spiro atoms. The number of ether oxygens (including phenoxy) is 1. The van der Waals surface area contributed by atoms with E-state index in [4.69, 9.17) is 16.3 Å². The van der Waals surface area contributed by atoms with E-state index in [1.165, 1.54) is 0 Å². The Morgan fingerprint density at radius 3 is 2.93 bits per heavy atom. The highest BCUT2D eigenvalue weighted by molar-refractivity contribution is 6.20. The first-order chi connectivity index (χ1) is 6.59. The Morgan fingerprint density at radius 2 is 2.43 bits per heavy atom. The van der Waals surface area contributed by atoms with Gasteiger partial charge in [-0.05, 0) is 26.7 Å². The lowest BCUT2D eigenvalue weighted by Gasteiger charge is -2.09. The van der Waals surface area contributed by atoms with E-state index >= 15 is 0 Å². The lowest BCUT2D eigenvalue weighted by atomic mass is 10.1. The van der Waals surface area contributed by atoms with Crippen LogP contribution in [0.4, 0.5) is 0 Å². The summed E-state index contributed by atoms with van der Waals surface area (Å²) >= 11 is 5.77. The van der Waals surface area contributed by atoms with Crippen LogP contribution >= 0.6 is 11.6 Å². The maximum atomic E-state index is 11.5. The van der Waals surface area contributed by atoms with Crippen LogP contribution in [0.2, 0.25) is 0 Å². The lowest BCUT2D eigenvalue weighted by molar-refractivity contribution is -0.124. The number of carbonyl (C=O) groups is 1. The topological polar surface area (TPSA) is 38.3 Å². The maximum absolute atomic E-state index is 11.5. The highest BCUT2D eigenvalue weighted by atomic mass is 35.5. The summed E-state index contributed by atoms with van der Waals surface area (Å²) < 4.78 is 5.33. The fraction of sp³-hybridized carbons (Fsp3) is 0.900. The van der Waals surface area contributed by atoms with Gasteiger partial charge in [0.25, 0.3) is 0 Å². The largest absolute Gasteiger partial charge is 0.378 e. The molecule has 1 amide bonds. The molecule has 3 atom stereocenters. The van der Waals surface area contributed by atoms with E-state index in [9.17, 15) is 4.79 Å². The monoisotopic (exact) mass is 219 g/mol. The molecule has 0 aromatic carbocycles. The number of halogens is 1.